The fraction of sp³-hybridized carbons (Fsp3) is 0.280. The number of likely N-dealkylation sites (tertiary alicyclic amines) is 1. The molecule has 1 aliphatic heterocycles. The van der Waals surface area contributed by atoms with Gasteiger partial charge in [0.1, 0.15) is 5.82 Å². The third-order valence-electron chi connectivity index (χ3n) is 6.08. The van der Waals surface area contributed by atoms with Crippen molar-refractivity contribution < 1.29 is 21.8 Å². The number of nitrogens with zero attached hydrogens (tertiary/aromatic N) is 2. The van der Waals surface area contributed by atoms with Crippen LogP contribution in [0.2, 0.25) is 0 Å². The molecule has 2 heterocycles. The molecule has 1 saturated heterocycles. The van der Waals surface area contributed by atoms with Gasteiger partial charge >= 0.3 is 16.2 Å². The number of carbonyl (C=O) groups is 1. The number of nitrogens with one attached hydrogen (secondary N) is 1. The van der Waals surface area contributed by atoms with Gasteiger partial charge in [-0.3, -0.25) is 0 Å². The molecule has 0 aliphatic carbocycles. The molecule has 7 nitrogen and oxygen atoms in total. The number of aryl methyl sites for hydroxylation is 1. The van der Waals surface area contributed by atoms with E-state index < -0.39 is 16.2 Å². The molecule has 1 amide bonds. The van der Waals surface area contributed by atoms with Gasteiger partial charge in [-0.15, -0.1) is 0 Å². The maximum Gasteiger partial charge on any atom is 0.425 e. The molecule has 2 aromatic carbocycles. The van der Waals surface area contributed by atoms with Gasteiger partial charge in [-0.25, -0.2) is 14.2 Å². The lowest BCUT2D eigenvalue weighted by atomic mass is 9.90. The number of pyridine rings is 1. The molecule has 1 aromatic heterocycles. The SMILES string of the molecule is Cc1ccccc1Nc1ccnc(S(=O)(=O)OC(=O)N2CCC(c3ccc(F)cc3)CC2)c1C. The Hall–Kier alpha value is -3.46. The number of hydrogen-bond acceptors (Lipinski definition) is 6. The Morgan fingerprint density at radius 2 is 1.71 bits per heavy atom. The molecule has 0 unspecified atom stereocenters. The van der Waals surface area contributed by atoms with Crippen molar-refractivity contribution in [1.82, 2.24) is 9.88 Å². The minimum absolute atomic E-state index is 0.175. The first-order chi connectivity index (χ1) is 16.2. The highest BCUT2D eigenvalue weighted by Gasteiger charge is 2.31. The fourth-order valence-electron chi connectivity index (χ4n) is 4.08. The summed E-state index contributed by atoms with van der Waals surface area (Å²) in [4.78, 5) is 18.0. The number of benzene rings is 2. The van der Waals surface area contributed by atoms with Crippen LogP contribution in [-0.4, -0.2) is 37.5 Å². The average molecular weight is 484 g/mol. The van der Waals surface area contributed by atoms with E-state index >= 15 is 0 Å². The third-order valence-corrected chi connectivity index (χ3v) is 7.33. The first kappa shape index (κ1) is 23.7. The highest BCUT2D eigenvalue weighted by Crippen LogP contribution is 2.30. The molecule has 0 bridgehead atoms. The maximum absolute atomic E-state index is 13.2. The third kappa shape index (κ3) is 5.20. The topological polar surface area (TPSA) is 88.6 Å². The zero-order chi connectivity index (χ0) is 24.3. The summed E-state index contributed by atoms with van der Waals surface area (Å²) >= 11 is 0. The number of para-hydroxylation sites is 1. The number of hydrogen-bond donors (Lipinski definition) is 1. The second-order valence-electron chi connectivity index (χ2n) is 8.34. The van der Waals surface area contributed by atoms with Gasteiger partial charge in [0.25, 0.3) is 0 Å². The first-order valence-corrected chi connectivity index (χ1v) is 12.4. The number of carbonyl (C=O) groups excluding carboxylic acids is 1. The van der Waals surface area contributed by atoms with Gasteiger partial charge in [0, 0.05) is 36.2 Å². The Bertz CT molecular complexity index is 1290. The van der Waals surface area contributed by atoms with Crippen molar-refractivity contribution in [1.29, 1.82) is 0 Å². The van der Waals surface area contributed by atoms with Gasteiger partial charge in [0.05, 0.1) is 0 Å². The first-order valence-electron chi connectivity index (χ1n) is 11.0. The minimum atomic E-state index is -4.42. The highest BCUT2D eigenvalue weighted by atomic mass is 32.2. The van der Waals surface area contributed by atoms with Crippen molar-refractivity contribution >= 4 is 27.6 Å². The number of halogens is 1. The molecule has 4 rings (SSSR count). The Labute approximate surface area is 198 Å². The zero-order valence-corrected chi connectivity index (χ0v) is 19.8. The standard InChI is InChI=1S/C25H26FN3O4S/c1-17-5-3-4-6-22(17)28-23-11-14-27-24(18(23)2)34(31,32)33-25(30)29-15-12-20(13-16-29)19-7-9-21(26)10-8-19/h3-11,14,20H,12-13,15-16H2,1-2H3,(H,27,28). The quantitative estimate of drug-likeness (QED) is 0.497. The van der Waals surface area contributed by atoms with Crippen LogP contribution in [-0.2, 0) is 14.3 Å². The van der Waals surface area contributed by atoms with E-state index in [0.29, 0.717) is 37.2 Å². The molecule has 1 aliphatic rings. The molecule has 0 radical (unpaired) electrons. The van der Waals surface area contributed by atoms with E-state index in [2.05, 4.69) is 10.3 Å². The summed E-state index contributed by atoms with van der Waals surface area (Å²) in [6, 6.07) is 15.6. The van der Waals surface area contributed by atoms with Crippen LogP contribution in [0.5, 0.6) is 0 Å². The second kappa shape index (κ2) is 9.80. The molecule has 9 heteroatoms. The lowest BCUT2D eigenvalue weighted by Gasteiger charge is -2.31. The van der Waals surface area contributed by atoms with Crippen LogP contribution in [0.3, 0.4) is 0 Å². The molecule has 0 saturated carbocycles. The Balaban J connectivity index is 1.43. The lowest BCUT2D eigenvalue weighted by Crippen LogP contribution is -2.39. The maximum atomic E-state index is 13.2. The van der Waals surface area contributed by atoms with Crippen molar-refractivity contribution in [3.8, 4) is 0 Å². The van der Waals surface area contributed by atoms with Gasteiger partial charge in [0.15, 0.2) is 5.03 Å². The largest absolute Gasteiger partial charge is 0.425 e. The van der Waals surface area contributed by atoms with Gasteiger partial charge in [-0.05, 0) is 68.0 Å². The number of rotatable bonds is 5. The average Bonchev–Trinajstić information content (AvgIpc) is 2.82. The van der Waals surface area contributed by atoms with E-state index in [9.17, 15) is 17.6 Å². The van der Waals surface area contributed by atoms with Crippen molar-refractivity contribution in [3.05, 3.63) is 83.3 Å². The Morgan fingerprint density at radius 1 is 1.03 bits per heavy atom. The minimum Gasteiger partial charge on any atom is -0.355 e. The molecule has 0 atom stereocenters. The molecule has 178 valence electrons. The number of anilines is 2. The van der Waals surface area contributed by atoms with Crippen LogP contribution >= 0.6 is 0 Å². The lowest BCUT2D eigenvalue weighted by molar-refractivity contribution is 0.140. The summed E-state index contributed by atoms with van der Waals surface area (Å²) in [5.74, 6) is -0.119. The molecule has 3 aromatic rings. The van der Waals surface area contributed by atoms with Gasteiger partial charge < -0.3 is 14.4 Å². The van der Waals surface area contributed by atoms with E-state index in [0.717, 1.165) is 16.8 Å². The fourth-order valence-corrected chi connectivity index (χ4v) is 5.13. The predicted molar refractivity (Wildman–Crippen MR) is 127 cm³/mol. The van der Waals surface area contributed by atoms with Crippen LogP contribution in [0.1, 0.15) is 35.4 Å². The molecule has 1 fully saturated rings. The van der Waals surface area contributed by atoms with E-state index in [-0.39, 0.29) is 16.8 Å². The van der Waals surface area contributed by atoms with Gasteiger partial charge in [0.2, 0.25) is 0 Å². The van der Waals surface area contributed by atoms with Crippen LogP contribution in [0.25, 0.3) is 0 Å². The number of aromatic nitrogens is 1. The summed E-state index contributed by atoms with van der Waals surface area (Å²) < 4.78 is 43.9. The zero-order valence-electron chi connectivity index (χ0n) is 19.0. The van der Waals surface area contributed by atoms with Crippen LogP contribution in [0.15, 0.2) is 65.8 Å². The van der Waals surface area contributed by atoms with E-state index in [1.165, 1.54) is 23.2 Å². The van der Waals surface area contributed by atoms with E-state index in [1.54, 1.807) is 25.1 Å². The van der Waals surface area contributed by atoms with Crippen molar-refractivity contribution in [2.45, 2.75) is 37.6 Å². The molecule has 0 spiro atoms. The van der Waals surface area contributed by atoms with Crippen LogP contribution in [0, 0.1) is 19.7 Å². The molecule has 1 N–H and O–H groups in total. The summed E-state index contributed by atoms with van der Waals surface area (Å²) in [6.07, 6.45) is 1.71. The summed E-state index contributed by atoms with van der Waals surface area (Å²) in [5.41, 5.74) is 3.74. The van der Waals surface area contributed by atoms with Gasteiger partial charge in [-0.1, -0.05) is 30.3 Å². The number of amides is 1. The van der Waals surface area contributed by atoms with Crippen molar-refractivity contribution in [2.75, 3.05) is 18.4 Å². The van der Waals surface area contributed by atoms with E-state index in [1.807, 2.05) is 31.2 Å². The molecular formula is C25H26FN3O4S. The molecular weight excluding hydrogens is 457 g/mol. The Morgan fingerprint density at radius 3 is 2.38 bits per heavy atom. The monoisotopic (exact) mass is 483 g/mol. The van der Waals surface area contributed by atoms with Gasteiger partial charge in [-0.2, -0.15) is 8.42 Å². The number of piperidine rings is 1. The highest BCUT2D eigenvalue weighted by molar-refractivity contribution is 7.87. The van der Waals surface area contributed by atoms with Crippen molar-refractivity contribution in [2.24, 2.45) is 0 Å². The second-order valence-corrected chi connectivity index (χ2v) is 9.81. The van der Waals surface area contributed by atoms with Crippen LogP contribution in [0.4, 0.5) is 20.6 Å². The van der Waals surface area contributed by atoms with Crippen molar-refractivity contribution in [3.63, 3.8) is 0 Å². The van der Waals surface area contributed by atoms with E-state index in [4.69, 9.17) is 4.18 Å². The summed E-state index contributed by atoms with van der Waals surface area (Å²) in [7, 11) is -4.42. The van der Waals surface area contributed by atoms with Crippen LogP contribution < -0.4 is 5.32 Å². The molecule has 34 heavy (non-hydrogen) atoms. The smallest absolute Gasteiger partial charge is 0.355 e. The Kier molecular flexibility index (Phi) is 6.83. The summed E-state index contributed by atoms with van der Waals surface area (Å²) in [5, 5.41) is 2.91. The normalized spacial score (nSPS) is 14.6. The predicted octanol–water partition coefficient (Wildman–Crippen LogP) is 5.29. The summed E-state index contributed by atoms with van der Waals surface area (Å²) in [6.45, 7) is 4.25.